The van der Waals surface area contributed by atoms with Gasteiger partial charge in [0.05, 0.1) is 24.5 Å². The van der Waals surface area contributed by atoms with Crippen molar-refractivity contribution in [2.75, 3.05) is 18.0 Å². The molecule has 5 rings (SSSR count). The van der Waals surface area contributed by atoms with Gasteiger partial charge in [-0.1, -0.05) is 6.07 Å². The third-order valence-electron chi connectivity index (χ3n) is 8.16. The highest BCUT2D eigenvalue weighted by molar-refractivity contribution is 6.00. The van der Waals surface area contributed by atoms with E-state index in [2.05, 4.69) is 41.6 Å². The summed E-state index contributed by atoms with van der Waals surface area (Å²) in [5.74, 6) is 2.00. The summed E-state index contributed by atoms with van der Waals surface area (Å²) in [6.45, 7) is 14.4. The van der Waals surface area contributed by atoms with Gasteiger partial charge in [-0.05, 0) is 59.2 Å². The van der Waals surface area contributed by atoms with Gasteiger partial charge in [0.2, 0.25) is 0 Å². The van der Waals surface area contributed by atoms with Crippen LogP contribution in [0.2, 0.25) is 0 Å². The fraction of sp³-hybridized carbons (Fsp3) is 0.552. The summed E-state index contributed by atoms with van der Waals surface area (Å²) in [6.07, 6.45) is 0.546. The topological polar surface area (TPSA) is 109 Å². The molecular weight excluding hydrogens is 494 g/mol. The summed E-state index contributed by atoms with van der Waals surface area (Å²) in [6, 6.07) is 8.44. The first-order valence-corrected chi connectivity index (χ1v) is 13.7. The van der Waals surface area contributed by atoms with E-state index in [9.17, 15) is 14.9 Å². The van der Waals surface area contributed by atoms with Crippen molar-refractivity contribution >= 4 is 22.8 Å². The van der Waals surface area contributed by atoms with Crippen LogP contribution >= 0.6 is 0 Å². The Bertz CT molecular complexity index is 1550. The number of carbonyl (C=O) groups is 1. The van der Waals surface area contributed by atoms with E-state index in [0.29, 0.717) is 53.6 Å². The molecule has 0 aliphatic carbocycles. The molecule has 3 aromatic rings. The molecule has 10 nitrogen and oxygen atoms in total. The number of nitrogens with zero attached hydrogens (tertiary/aromatic N) is 7. The molecule has 2 aliphatic rings. The van der Waals surface area contributed by atoms with Crippen molar-refractivity contribution in [1.82, 2.24) is 24.0 Å². The molecule has 3 atom stereocenters. The minimum Gasteiger partial charge on any atom is -0.487 e. The monoisotopic (exact) mass is 531 g/mol. The predicted molar refractivity (Wildman–Crippen MR) is 149 cm³/mol. The number of carbonyl (C=O) groups excluding carboxylic acids is 1. The number of rotatable bonds is 5. The number of Topliss-reactive ketones (excluding diaryl/α,β-unsaturated/α-hetero) is 1. The minimum atomic E-state index is -0.512. The standard InChI is InChI=1S/C29H37N7O3/c1-8-34-24(11-12-30)31-25-26(32-28(38)33(7)27(25)34)36-16-17(2)35(15-18(36)3)19(4)20-9-10-21-22(37)14-29(5,6)39-23(21)13-20/h9-10,13,17-19H,8,11,14-16H2,1-7H3/t17-,18+,19?/m1/s1. The first-order chi connectivity index (χ1) is 18.5. The summed E-state index contributed by atoms with van der Waals surface area (Å²) < 4.78 is 9.63. The highest BCUT2D eigenvalue weighted by atomic mass is 16.5. The zero-order chi connectivity index (χ0) is 28.2. The van der Waals surface area contributed by atoms with Gasteiger partial charge < -0.3 is 14.2 Å². The summed E-state index contributed by atoms with van der Waals surface area (Å²) in [4.78, 5) is 39.4. The molecule has 0 amide bonds. The number of nitriles is 1. The Labute approximate surface area is 228 Å². The Morgan fingerprint density at radius 1 is 1.18 bits per heavy atom. The second kappa shape index (κ2) is 9.79. The molecule has 10 heteroatoms. The van der Waals surface area contributed by atoms with Crippen LogP contribution in [0.1, 0.15) is 75.8 Å². The van der Waals surface area contributed by atoms with Crippen LogP contribution in [0.4, 0.5) is 5.82 Å². The Kier molecular flexibility index (Phi) is 6.75. The zero-order valence-corrected chi connectivity index (χ0v) is 23.9. The minimum absolute atomic E-state index is 0.0621. The quantitative estimate of drug-likeness (QED) is 0.491. The first kappa shape index (κ1) is 26.9. The van der Waals surface area contributed by atoms with Crippen molar-refractivity contribution in [3.05, 3.63) is 45.6 Å². The molecule has 1 aromatic carbocycles. The highest BCUT2D eigenvalue weighted by Crippen LogP contribution is 2.37. The third kappa shape index (κ3) is 4.59. The van der Waals surface area contributed by atoms with Crippen LogP contribution in [0.15, 0.2) is 23.0 Å². The molecule has 2 aliphatic heterocycles. The normalized spacial score (nSPS) is 21.9. The van der Waals surface area contributed by atoms with Crippen molar-refractivity contribution in [2.45, 2.75) is 84.7 Å². The number of benzene rings is 1. The molecule has 1 saturated heterocycles. The van der Waals surface area contributed by atoms with E-state index >= 15 is 0 Å². The lowest BCUT2D eigenvalue weighted by atomic mass is 9.91. The lowest BCUT2D eigenvalue weighted by Crippen LogP contribution is -2.57. The molecule has 0 N–H and O–H groups in total. The average molecular weight is 532 g/mol. The molecule has 1 unspecified atom stereocenters. The summed E-state index contributed by atoms with van der Waals surface area (Å²) in [5, 5.41) is 9.33. The van der Waals surface area contributed by atoms with Gasteiger partial charge in [-0.25, -0.2) is 9.78 Å². The second-order valence-corrected chi connectivity index (χ2v) is 11.5. The number of hydrogen-bond acceptors (Lipinski definition) is 8. The van der Waals surface area contributed by atoms with Crippen LogP contribution in [-0.2, 0) is 20.0 Å². The van der Waals surface area contributed by atoms with E-state index in [4.69, 9.17) is 9.72 Å². The second-order valence-electron chi connectivity index (χ2n) is 11.5. The highest BCUT2D eigenvalue weighted by Gasteiger charge is 2.37. The Balaban J connectivity index is 1.46. The van der Waals surface area contributed by atoms with E-state index in [1.165, 1.54) is 4.57 Å². The number of hydrogen-bond donors (Lipinski definition) is 0. The zero-order valence-electron chi connectivity index (χ0n) is 23.9. The smallest absolute Gasteiger partial charge is 0.350 e. The van der Waals surface area contributed by atoms with E-state index in [-0.39, 0.29) is 36.0 Å². The molecule has 2 aromatic heterocycles. The number of aryl methyl sites for hydroxylation is 2. The number of imidazole rings is 1. The van der Waals surface area contributed by atoms with Gasteiger partial charge in [-0.2, -0.15) is 10.2 Å². The predicted octanol–water partition coefficient (Wildman–Crippen LogP) is 3.62. The maximum Gasteiger partial charge on any atom is 0.350 e. The SMILES string of the molecule is CCn1c(CC#N)nc2c(N3C[C@@H](C)N(C(C)c4ccc5c(c4)OC(C)(C)CC5=O)C[C@@H]3C)nc(=O)n(C)c21. The number of aromatic nitrogens is 4. The number of piperazine rings is 1. The average Bonchev–Trinajstić information content (AvgIpc) is 3.24. The van der Waals surface area contributed by atoms with Gasteiger partial charge in [0.15, 0.2) is 11.6 Å². The molecule has 0 saturated carbocycles. The largest absolute Gasteiger partial charge is 0.487 e. The third-order valence-corrected chi connectivity index (χ3v) is 8.16. The molecule has 39 heavy (non-hydrogen) atoms. The fourth-order valence-electron chi connectivity index (χ4n) is 6.14. The van der Waals surface area contributed by atoms with Crippen LogP contribution < -0.4 is 15.3 Å². The van der Waals surface area contributed by atoms with Crippen LogP contribution in [0.3, 0.4) is 0 Å². The van der Waals surface area contributed by atoms with Crippen LogP contribution in [-0.4, -0.2) is 60.6 Å². The molecule has 4 heterocycles. The van der Waals surface area contributed by atoms with Crippen molar-refractivity contribution in [2.24, 2.45) is 7.05 Å². The van der Waals surface area contributed by atoms with Crippen LogP contribution in [0.25, 0.3) is 11.2 Å². The van der Waals surface area contributed by atoms with Gasteiger partial charge >= 0.3 is 5.69 Å². The first-order valence-electron chi connectivity index (χ1n) is 13.7. The number of anilines is 1. The molecule has 0 spiro atoms. The number of ketones is 1. The van der Waals surface area contributed by atoms with Gasteiger partial charge in [0, 0.05) is 44.8 Å². The van der Waals surface area contributed by atoms with E-state index in [0.717, 1.165) is 12.1 Å². The maximum absolute atomic E-state index is 12.9. The van der Waals surface area contributed by atoms with E-state index < -0.39 is 5.60 Å². The van der Waals surface area contributed by atoms with Gasteiger partial charge in [-0.15, -0.1) is 0 Å². The fourth-order valence-corrected chi connectivity index (χ4v) is 6.14. The Hall–Kier alpha value is -3.71. The number of ether oxygens (including phenoxy) is 1. The Morgan fingerprint density at radius 2 is 1.92 bits per heavy atom. The summed E-state index contributed by atoms with van der Waals surface area (Å²) in [5.41, 5.74) is 2.26. The van der Waals surface area contributed by atoms with Crippen LogP contribution in [0, 0.1) is 11.3 Å². The van der Waals surface area contributed by atoms with Crippen LogP contribution in [0.5, 0.6) is 5.75 Å². The summed E-state index contributed by atoms with van der Waals surface area (Å²) >= 11 is 0. The molecule has 206 valence electrons. The lowest BCUT2D eigenvalue weighted by Gasteiger charge is -2.47. The Morgan fingerprint density at radius 3 is 2.62 bits per heavy atom. The van der Waals surface area contributed by atoms with Gasteiger partial charge in [-0.3, -0.25) is 14.3 Å². The van der Waals surface area contributed by atoms with Crippen molar-refractivity contribution in [1.29, 1.82) is 5.26 Å². The van der Waals surface area contributed by atoms with E-state index in [1.807, 2.05) is 43.5 Å². The molecular formula is C29H37N7O3. The van der Waals surface area contributed by atoms with Crippen molar-refractivity contribution in [3.63, 3.8) is 0 Å². The lowest BCUT2D eigenvalue weighted by molar-refractivity contribution is 0.0616. The molecule has 0 radical (unpaired) electrons. The van der Waals surface area contributed by atoms with Crippen molar-refractivity contribution < 1.29 is 9.53 Å². The molecule has 0 bridgehead atoms. The molecule has 1 fully saturated rings. The van der Waals surface area contributed by atoms with Gasteiger partial charge in [0.25, 0.3) is 0 Å². The van der Waals surface area contributed by atoms with Crippen molar-refractivity contribution in [3.8, 4) is 11.8 Å². The number of fused-ring (bicyclic) bond motifs is 2. The maximum atomic E-state index is 12.9. The summed E-state index contributed by atoms with van der Waals surface area (Å²) in [7, 11) is 1.70. The van der Waals surface area contributed by atoms with E-state index in [1.54, 1.807) is 7.05 Å². The van der Waals surface area contributed by atoms with Gasteiger partial charge in [0.1, 0.15) is 28.3 Å².